The molecule has 0 aliphatic rings. The first-order valence-corrected chi connectivity index (χ1v) is 5.36. The Hall–Kier alpha value is -2.03. The number of anilines is 1. The van der Waals surface area contributed by atoms with E-state index in [4.69, 9.17) is 10.5 Å². The van der Waals surface area contributed by atoms with Crippen molar-refractivity contribution < 1.29 is 9.13 Å². The zero-order valence-corrected chi connectivity index (χ0v) is 9.83. The molecule has 2 N–H and O–H groups in total. The summed E-state index contributed by atoms with van der Waals surface area (Å²) < 4.78 is 18.7. The second-order valence-corrected chi connectivity index (χ2v) is 4.05. The number of ether oxygens (including phenoxy) is 1. The highest BCUT2D eigenvalue weighted by atomic mass is 19.1. The van der Waals surface area contributed by atoms with Gasteiger partial charge >= 0.3 is 0 Å². The quantitative estimate of drug-likeness (QED) is 0.797. The highest BCUT2D eigenvalue weighted by Crippen LogP contribution is 2.30. The first-order chi connectivity index (χ1) is 8.06. The molecule has 3 heteroatoms. The van der Waals surface area contributed by atoms with E-state index in [2.05, 4.69) is 0 Å². The zero-order valence-electron chi connectivity index (χ0n) is 9.83. The lowest BCUT2D eigenvalue weighted by Gasteiger charge is -2.11. The van der Waals surface area contributed by atoms with Crippen molar-refractivity contribution in [2.24, 2.45) is 0 Å². The standard InChI is InChI=1S/C14H14FNO/c1-9-3-4-10(2)13(7-9)17-14-8-11(15)5-6-12(14)16/h3-8H,16H2,1-2H3. The molecule has 0 atom stereocenters. The van der Waals surface area contributed by atoms with Crippen LogP contribution in [0.15, 0.2) is 36.4 Å². The monoisotopic (exact) mass is 231 g/mol. The Morgan fingerprint density at radius 2 is 1.76 bits per heavy atom. The highest BCUT2D eigenvalue weighted by molar-refractivity contribution is 5.54. The second-order valence-electron chi connectivity index (χ2n) is 4.05. The van der Waals surface area contributed by atoms with Crippen molar-refractivity contribution in [3.63, 3.8) is 0 Å². The van der Waals surface area contributed by atoms with Gasteiger partial charge in [0, 0.05) is 6.07 Å². The molecule has 88 valence electrons. The lowest BCUT2D eigenvalue weighted by atomic mass is 10.1. The van der Waals surface area contributed by atoms with E-state index in [1.165, 1.54) is 18.2 Å². The SMILES string of the molecule is Cc1ccc(C)c(Oc2cc(F)ccc2N)c1. The van der Waals surface area contributed by atoms with Crippen LogP contribution in [0.3, 0.4) is 0 Å². The number of hydrogen-bond acceptors (Lipinski definition) is 2. The molecule has 0 heterocycles. The van der Waals surface area contributed by atoms with Crippen LogP contribution in [0, 0.1) is 19.7 Å². The Balaban J connectivity index is 2.37. The van der Waals surface area contributed by atoms with Crippen LogP contribution >= 0.6 is 0 Å². The first-order valence-electron chi connectivity index (χ1n) is 5.36. The number of nitrogen functional groups attached to an aromatic ring is 1. The van der Waals surface area contributed by atoms with Crippen molar-refractivity contribution in [2.45, 2.75) is 13.8 Å². The molecule has 2 nitrogen and oxygen atoms in total. The smallest absolute Gasteiger partial charge is 0.153 e. The van der Waals surface area contributed by atoms with E-state index >= 15 is 0 Å². The average Bonchev–Trinajstić information content (AvgIpc) is 2.28. The van der Waals surface area contributed by atoms with Gasteiger partial charge in [-0.2, -0.15) is 0 Å². The van der Waals surface area contributed by atoms with Gasteiger partial charge in [-0.15, -0.1) is 0 Å². The summed E-state index contributed by atoms with van der Waals surface area (Å²) in [5.41, 5.74) is 8.23. The van der Waals surface area contributed by atoms with E-state index < -0.39 is 0 Å². The van der Waals surface area contributed by atoms with E-state index in [9.17, 15) is 4.39 Å². The maximum Gasteiger partial charge on any atom is 0.153 e. The largest absolute Gasteiger partial charge is 0.455 e. The maximum atomic E-state index is 13.1. The number of hydrogen-bond donors (Lipinski definition) is 1. The van der Waals surface area contributed by atoms with Gasteiger partial charge in [0.15, 0.2) is 5.75 Å². The molecule has 0 saturated carbocycles. The van der Waals surface area contributed by atoms with Crippen LogP contribution < -0.4 is 10.5 Å². The summed E-state index contributed by atoms with van der Waals surface area (Å²) in [5.74, 6) is 0.681. The van der Waals surface area contributed by atoms with Crippen LogP contribution in [0.2, 0.25) is 0 Å². The number of aryl methyl sites for hydroxylation is 2. The topological polar surface area (TPSA) is 35.2 Å². The normalized spacial score (nSPS) is 10.3. The molecule has 0 fully saturated rings. The molecule has 2 aromatic carbocycles. The first kappa shape index (κ1) is 11.5. The summed E-state index contributed by atoms with van der Waals surface area (Å²) >= 11 is 0. The third kappa shape index (κ3) is 2.56. The molecule has 2 rings (SSSR count). The Bertz CT molecular complexity index is 502. The Morgan fingerprint density at radius 3 is 2.53 bits per heavy atom. The van der Waals surface area contributed by atoms with E-state index in [0.29, 0.717) is 17.2 Å². The fourth-order valence-electron chi connectivity index (χ4n) is 1.53. The average molecular weight is 231 g/mol. The Kier molecular flexibility index (Phi) is 3.00. The van der Waals surface area contributed by atoms with Gasteiger partial charge in [0.1, 0.15) is 11.6 Å². The van der Waals surface area contributed by atoms with Crippen LogP contribution in [0.5, 0.6) is 11.5 Å². The third-order valence-corrected chi connectivity index (χ3v) is 2.54. The molecule has 0 aliphatic heterocycles. The molecule has 2 aromatic rings. The van der Waals surface area contributed by atoms with Crippen molar-refractivity contribution in [2.75, 3.05) is 5.73 Å². The second kappa shape index (κ2) is 4.45. The molecule has 0 unspecified atom stereocenters. The lowest BCUT2D eigenvalue weighted by Crippen LogP contribution is -1.94. The van der Waals surface area contributed by atoms with Crippen molar-refractivity contribution >= 4 is 5.69 Å². The maximum absolute atomic E-state index is 13.1. The third-order valence-electron chi connectivity index (χ3n) is 2.54. The Morgan fingerprint density at radius 1 is 1.00 bits per heavy atom. The molecular formula is C14H14FNO. The number of halogens is 1. The summed E-state index contributed by atoms with van der Waals surface area (Å²) in [6.07, 6.45) is 0. The van der Waals surface area contributed by atoms with E-state index in [1.54, 1.807) is 0 Å². The van der Waals surface area contributed by atoms with Crippen LogP contribution in [0.1, 0.15) is 11.1 Å². The van der Waals surface area contributed by atoms with Crippen LogP contribution in [0.25, 0.3) is 0 Å². The minimum absolute atomic E-state index is 0.346. The van der Waals surface area contributed by atoms with Crippen LogP contribution in [0.4, 0.5) is 10.1 Å². The highest BCUT2D eigenvalue weighted by Gasteiger charge is 2.06. The predicted molar refractivity (Wildman–Crippen MR) is 66.8 cm³/mol. The molecule has 0 radical (unpaired) electrons. The Labute approximate surface area is 99.8 Å². The summed E-state index contributed by atoms with van der Waals surface area (Å²) in [7, 11) is 0. The van der Waals surface area contributed by atoms with Gasteiger partial charge in [-0.3, -0.25) is 0 Å². The molecule has 0 aromatic heterocycles. The summed E-state index contributed by atoms with van der Waals surface area (Å²) in [5, 5.41) is 0. The van der Waals surface area contributed by atoms with Crippen molar-refractivity contribution in [1.82, 2.24) is 0 Å². The number of rotatable bonds is 2. The minimum atomic E-state index is -0.362. The van der Waals surface area contributed by atoms with Gasteiger partial charge in [-0.05, 0) is 43.2 Å². The van der Waals surface area contributed by atoms with Crippen LogP contribution in [-0.4, -0.2) is 0 Å². The molecular weight excluding hydrogens is 217 g/mol. The van der Waals surface area contributed by atoms with Crippen molar-refractivity contribution in [3.05, 3.63) is 53.3 Å². The van der Waals surface area contributed by atoms with Gasteiger partial charge in [0.05, 0.1) is 5.69 Å². The summed E-state index contributed by atoms with van der Waals surface area (Å²) in [4.78, 5) is 0. The fourth-order valence-corrected chi connectivity index (χ4v) is 1.53. The fraction of sp³-hybridized carbons (Fsp3) is 0.143. The van der Waals surface area contributed by atoms with E-state index in [0.717, 1.165) is 11.1 Å². The van der Waals surface area contributed by atoms with Gasteiger partial charge in [0.2, 0.25) is 0 Å². The molecule has 0 spiro atoms. The van der Waals surface area contributed by atoms with Gasteiger partial charge in [0.25, 0.3) is 0 Å². The van der Waals surface area contributed by atoms with Crippen LogP contribution in [-0.2, 0) is 0 Å². The van der Waals surface area contributed by atoms with Gasteiger partial charge in [-0.25, -0.2) is 4.39 Å². The summed E-state index contributed by atoms with van der Waals surface area (Å²) in [6, 6.07) is 9.95. The number of benzene rings is 2. The molecule has 0 bridgehead atoms. The van der Waals surface area contributed by atoms with E-state index in [-0.39, 0.29) is 5.82 Å². The molecule has 0 amide bonds. The molecule has 17 heavy (non-hydrogen) atoms. The molecule has 0 aliphatic carbocycles. The molecule has 0 saturated heterocycles. The van der Waals surface area contributed by atoms with Crippen molar-refractivity contribution in [3.8, 4) is 11.5 Å². The predicted octanol–water partition coefficient (Wildman–Crippen LogP) is 3.82. The van der Waals surface area contributed by atoms with Gasteiger partial charge in [-0.1, -0.05) is 12.1 Å². The van der Waals surface area contributed by atoms with E-state index in [1.807, 2.05) is 32.0 Å². The lowest BCUT2D eigenvalue weighted by molar-refractivity contribution is 0.475. The van der Waals surface area contributed by atoms with Gasteiger partial charge < -0.3 is 10.5 Å². The minimum Gasteiger partial charge on any atom is -0.455 e. The van der Waals surface area contributed by atoms with Crippen molar-refractivity contribution in [1.29, 1.82) is 0 Å². The summed E-state index contributed by atoms with van der Waals surface area (Å²) in [6.45, 7) is 3.91. The zero-order chi connectivity index (χ0) is 12.4. The number of nitrogens with two attached hydrogens (primary N) is 1.